The van der Waals surface area contributed by atoms with E-state index in [0.717, 1.165) is 41.4 Å². The maximum Gasteiger partial charge on any atom is 0.133 e. The minimum Gasteiger partial charge on any atom is -0.494 e. The van der Waals surface area contributed by atoms with Crippen LogP contribution in [-0.4, -0.2) is 16.6 Å². The zero-order valence-electron chi connectivity index (χ0n) is 12.5. The predicted octanol–water partition coefficient (Wildman–Crippen LogP) is 4.78. The Labute approximate surface area is 130 Å². The molecular formula is C17H20N2OS. The molecule has 0 saturated heterocycles. The molecule has 1 aliphatic carbocycles. The van der Waals surface area contributed by atoms with Gasteiger partial charge in [0.1, 0.15) is 16.2 Å². The third kappa shape index (κ3) is 3.16. The third-order valence-corrected chi connectivity index (χ3v) is 4.15. The van der Waals surface area contributed by atoms with Crippen molar-refractivity contribution in [2.45, 2.75) is 39.0 Å². The highest BCUT2D eigenvalue weighted by molar-refractivity contribution is 7.71. The maximum atomic E-state index is 5.63. The first-order valence-electron chi connectivity index (χ1n) is 7.53. The molecule has 0 aliphatic heterocycles. The number of aromatic amines is 1. The summed E-state index contributed by atoms with van der Waals surface area (Å²) < 4.78 is 6.33. The monoisotopic (exact) mass is 300 g/mol. The Balaban J connectivity index is 1.93. The Kier molecular flexibility index (Phi) is 4.06. The molecule has 0 spiro atoms. The van der Waals surface area contributed by atoms with Crippen molar-refractivity contribution in [3.8, 4) is 17.0 Å². The van der Waals surface area contributed by atoms with Gasteiger partial charge in [-0.15, -0.1) is 0 Å². The van der Waals surface area contributed by atoms with E-state index in [1.165, 1.54) is 12.8 Å². The van der Waals surface area contributed by atoms with Crippen LogP contribution in [-0.2, 0) is 0 Å². The number of hydrogen-bond donors (Lipinski definition) is 1. The zero-order valence-corrected chi connectivity index (χ0v) is 13.3. The standard InChI is InChI=1S/C17H20N2OS/c1-3-10-20-14-8-6-12(7-9-14)15-11(2)17(21)19-16(18-15)13-4-5-13/h6-9,13H,3-5,10H2,1-2H3,(H,18,19,21). The lowest BCUT2D eigenvalue weighted by Gasteiger charge is -2.10. The Morgan fingerprint density at radius 3 is 2.62 bits per heavy atom. The van der Waals surface area contributed by atoms with Gasteiger partial charge in [0.15, 0.2) is 0 Å². The smallest absolute Gasteiger partial charge is 0.133 e. The molecule has 3 rings (SSSR count). The van der Waals surface area contributed by atoms with Crippen molar-refractivity contribution in [3.63, 3.8) is 0 Å². The Bertz CT molecular complexity index is 687. The summed E-state index contributed by atoms with van der Waals surface area (Å²) in [6.45, 7) is 4.88. The fourth-order valence-corrected chi connectivity index (χ4v) is 2.53. The Hall–Kier alpha value is -1.68. The molecule has 1 aliphatic rings. The van der Waals surface area contributed by atoms with Crippen LogP contribution in [0.25, 0.3) is 11.3 Å². The van der Waals surface area contributed by atoms with Gasteiger partial charge in [-0.1, -0.05) is 19.1 Å². The quantitative estimate of drug-likeness (QED) is 0.807. The molecule has 1 aromatic heterocycles. The first-order valence-corrected chi connectivity index (χ1v) is 7.94. The fraction of sp³-hybridized carbons (Fsp3) is 0.412. The molecule has 1 fully saturated rings. The summed E-state index contributed by atoms with van der Waals surface area (Å²) in [7, 11) is 0. The van der Waals surface area contributed by atoms with Crippen molar-refractivity contribution in [2.75, 3.05) is 6.61 Å². The van der Waals surface area contributed by atoms with Gasteiger partial charge in [0, 0.05) is 11.5 Å². The van der Waals surface area contributed by atoms with Crippen molar-refractivity contribution >= 4 is 12.2 Å². The number of aromatic nitrogens is 2. The van der Waals surface area contributed by atoms with Crippen LogP contribution in [0.5, 0.6) is 5.75 Å². The SMILES string of the molecule is CCCOc1ccc(-c2[nH]c(C3CC3)nc(=S)c2C)cc1. The Morgan fingerprint density at radius 2 is 2.00 bits per heavy atom. The number of nitrogens with zero attached hydrogens (tertiary/aromatic N) is 1. The first kappa shape index (κ1) is 14.3. The summed E-state index contributed by atoms with van der Waals surface area (Å²) in [5, 5.41) is 0. The molecule has 0 radical (unpaired) electrons. The van der Waals surface area contributed by atoms with Gasteiger partial charge < -0.3 is 9.72 Å². The average Bonchev–Trinajstić information content (AvgIpc) is 3.33. The molecule has 4 heteroatoms. The third-order valence-electron chi connectivity index (χ3n) is 3.75. The molecule has 2 aromatic rings. The van der Waals surface area contributed by atoms with E-state index in [-0.39, 0.29) is 0 Å². The second-order valence-corrected chi connectivity index (χ2v) is 5.96. The topological polar surface area (TPSA) is 37.9 Å². The van der Waals surface area contributed by atoms with Crippen LogP contribution in [0.1, 0.15) is 43.5 Å². The van der Waals surface area contributed by atoms with E-state index in [1.807, 2.05) is 19.1 Å². The zero-order chi connectivity index (χ0) is 14.8. The van der Waals surface area contributed by atoms with E-state index in [1.54, 1.807) is 0 Å². The number of hydrogen-bond acceptors (Lipinski definition) is 3. The summed E-state index contributed by atoms with van der Waals surface area (Å²) >= 11 is 5.40. The van der Waals surface area contributed by atoms with E-state index in [0.29, 0.717) is 10.6 Å². The second-order valence-electron chi connectivity index (χ2n) is 5.57. The highest BCUT2D eigenvalue weighted by Crippen LogP contribution is 2.39. The first-order chi connectivity index (χ1) is 10.2. The molecule has 1 aromatic carbocycles. The highest BCUT2D eigenvalue weighted by atomic mass is 32.1. The minimum absolute atomic E-state index is 0.568. The Morgan fingerprint density at radius 1 is 1.29 bits per heavy atom. The van der Waals surface area contributed by atoms with Crippen LogP contribution in [0.2, 0.25) is 0 Å². The number of rotatable bonds is 5. The number of nitrogens with one attached hydrogen (secondary N) is 1. The summed E-state index contributed by atoms with van der Waals surface area (Å²) in [6, 6.07) is 8.18. The van der Waals surface area contributed by atoms with Crippen molar-refractivity contribution in [3.05, 3.63) is 40.3 Å². The number of benzene rings is 1. The predicted molar refractivity (Wildman–Crippen MR) is 87.4 cm³/mol. The molecule has 0 amide bonds. The fourth-order valence-electron chi connectivity index (χ4n) is 2.33. The van der Waals surface area contributed by atoms with Gasteiger partial charge in [0.2, 0.25) is 0 Å². The molecular weight excluding hydrogens is 280 g/mol. The van der Waals surface area contributed by atoms with Crippen LogP contribution in [0.3, 0.4) is 0 Å². The van der Waals surface area contributed by atoms with Crippen LogP contribution in [0.15, 0.2) is 24.3 Å². The van der Waals surface area contributed by atoms with Crippen molar-refractivity contribution < 1.29 is 4.74 Å². The molecule has 1 saturated carbocycles. The maximum absolute atomic E-state index is 5.63. The molecule has 110 valence electrons. The second kappa shape index (κ2) is 5.98. The number of ether oxygens (including phenoxy) is 1. The molecule has 1 N–H and O–H groups in total. The van der Waals surface area contributed by atoms with Gasteiger partial charge in [-0.2, -0.15) is 0 Å². The lowest BCUT2D eigenvalue weighted by atomic mass is 10.1. The normalized spacial score (nSPS) is 14.2. The van der Waals surface area contributed by atoms with Crippen molar-refractivity contribution in [2.24, 2.45) is 0 Å². The minimum atomic E-state index is 0.568. The van der Waals surface area contributed by atoms with Crippen molar-refractivity contribution in [1.29, 1.82) is 0 Å². The van der Waals surface area contributed by atoms with Gasteiger partial charge in [0.05, 0.1) is 12.3 Å². The molecule has 0 unspecified atom stereocenters. The van der Waals surface area contributed by atoms with Crippen LogP contribution < -0.4 is 4.74 Å². The van der Waals surface area contributed by atoms with E-state index in [2.05, 4.69) is 29.0 Å². The van der Waals surface area contributed by atoms with Crippen molar-refractivity contribution in [1.82, 2.24) is 9.97 Å². The molecule has 21 heavy (non-hydrogen) atoms. The van der Waals surface area contributed by atoms with Gasteiger partial charge >= 0.3 is 0 Å². The van der Waals surface area contributed by atoms with Crippen LogP contribution in [0.4, 0.5) is 0 Å². The molecule has 1 heterocycles. The molecule has 0 bridgehead atoms. The van der Waals surface area contributed by atoms with E-state index in [4.69, 9.17) is 17.0 Å². The molecule has 0 atom stereocenters. The highest BCUT2D eigenvalue weighted by Gasteiger charge is 2.26. The largest absolute Gasteiger partial charge is 0.494 e. The summed E-state index contributed by atoms with van der Waals surface area (Å²) in [6.07, 6.45) is 3.44. The summed E-state index contributed by atoms with van der Waals surface area (Å²) in [5.74, 6) is 2.51. The lowest BCUT2D eigenvalue weighted by molar-refractivity contribution is 0.317. The van der Waals surface area contributed by atoms with Crippen LogP contribution in [0, 0.1) is 11.6 Å². The van der Waals surface area contributed by atoms with Gasteiger partial charge in [-0.25, -0.2) is 4.98 Å². The van der Waals surface area contributed by atoms with Gasteiger partial charge in [-0.3, -0.25) is 0 Å². The summed E-state index contributed by atoms with van der Waals surface area (Å²) in [5.41, 5.74) is 3.25. The number of H-pyrrole nitrogens is 1. The molecule has 3 nitrogen and oxygen atoms in total. The lowest BCUT2D eigenvalue weighted by Crippen LogP contribution is -1.99. The van der Waals surface area contributed by atoms with Gasteiger partial charge in [-0.05, 0) is 56.0 Å². The van der Waals surface area contributed by atoms with E-state index < -0.39 is 0 Å². The van der Waals surface area contributed by atoms with E-state index >= 15 is 0 Å². The van der Waals surface area contributed by atoms with Gasteiger partial charge in [0.25, 0.3) is 0 Å². The van der Waals surface area contributed by atoms with Crippen LogP contribution >= 0.6 is 12.2 Å². The van der Waals surface area contributed by atoms with E-state index in [9.17, 15) is 0 Å². The summed E-state index contributed by atoms with van der Waals surface area (Å²) in [4.78, 5) is 7.99. The average molecular weight is 300 g/mol.